The van der Waals surface area contributed by atoms with Gasteiger partial charge in [-0.3, -0.25) is 0 Å². The lowest BCUT2D eigenvalue weighted by Gasteiger charge is -2.12. The molecule has 0 bridgehead atoms. The summed E-state index contributed by atoms with van der Waals surface area (Å²) in [7, 11) is 0. The van der Waals surface area contributed by atoms with Gasteiger partial charge in [0.05, 0.1) is 0 Å². The van der Waals surface area contributed by atoms with E-state index in [1.54, 1.807) is 12.1 Å². The second-order valence-electron chi connectivity index (χ2n) is 4.47. The van der Waals surface area contributed by atoms with Crippen LogP contribution in [0.4, 0.5) is 5.69 Å². The van der Waals surface area contributed by atoms with E-state index in [-0.39, 0.29) is 11.3 Å². The van der Waals surface area contributed by atoms with E-state index in [4.69, 9.17) is 15.8 Å². The molecular weight excluding hydrogens is 236 g/mol. The number of hydrogen-bond donors (Lipinski definition) is 1. The van der Waals surface area contributed by atoms with E-state index in [0.29, 0.717) is 5.92 Å². The normalized spacial score (nSPS) is 9.05. The van der Waals surface area contributed by atoms with Crippen LogP contribution >= 0.6 is 0 Å². The summed E-state index contributed by atoms with van der Waals surface area (Å²) < 4.78 is 0. The molecule has 4 heteroatoms. The molecule has 0 atom stereocenters. The van der Waals surface area contributed by atoms with Crippen molar-refractivity contribution in [2.75, 3.05) is 5.32 Å². The number of benzene rings is 1. The molecule has 0 unspecified atom stereocenters. The van der Waals surface area contributed by atoms with Gasteiger partial charge < -0.3 is 5.32 Å². The van der Waals surface area contributed by atoms with E-state index in [9.17, 15) is 0 Å². The van der Waals surface area contributed by atoms with E-state index in [1.807, 2.05) is 30.3 Å². The predicted octanol–water partition coefficient (Wildman–Crippen LogP) is 3.12. The minimum Gasteiger partial charge on any atom is -0.345 e. The molecule has 1 N–H and O–H groups in total. The number of allylic oxidation sites excluding steroid dienone is 2. The molecule has 0 fully saturated rings. The van der Waals surface area contributed by atoms with Gasteiger partial charge in [-0.1, -0.05) is 32.0 Å². The van der Waals surface area contributed by atoms with Gasteiger partial charge in [0.25, 0.3) is 0 Å². The van der Waals surface area contributed by atoms with E-state index < -0.39 is 0 Å². The molecule has 0 aromatic heterocycles. The van der Waals surface area contributed by atoms with Gasteiger partial charge in [-0.15, -0.1) is 0 Å². The van der Waals surface area contributed by atoms with E-state index in [2.05, 4.69) is 19.2 Å². The zero-order valence-corrected chi connectivity index (χ0v) is 10.9. The summed E-state index contributed by atoms with van der Waals surface area (Å²) in [6.45, 7) is 4.21. The van der Waals surface area contributed by atoms with Crippen LogP contribution in [-0.2, 0) is 6.42 Å². The molecule has 0 aliphatic heterocycles. The average Bonchev–Trinajstić information content (AvgIpc) is 2.40. The molecule has 0 saturated heterocycles. The maximum atomic E-state index is 9.02. The van der Waals surface area contributed by atoms with Crippen molar-refractivity contribution in [2.45, 2.75) is 20.3 Å². The highest BCUT2D eigenvalue weighted by Crippen LogP contribution is 2.21. The predicted molar refractivity (Wildman–Crippen MR) is 72.5 cm³/mol. The average molecular weight is 250 g/mol. The van der Waals surface area contributed by atoms with Gasteiger partial charge >= 0.3 is 0 Å². The Bertz CT molecular complexity index is 590. The van der Waals surface area contributed by atoms with Gasteiger partial charge in [0, 0.05) is 5.69 Å². The van der Waals surface area contributed by atoms with Crippen LogP contribution in [0.1, 0.15) is 19.4 Å². The van der Waals surface area contributed by atoms with Crippen LogP contribution in [0.15, 0.2) is 35.5 Å². The van der Waals surface area contributed by atoms with Crippen LogP contribution < -0.4 is 5.32 Å². The molecule has 1 aromatic carbocycles. The monoisotopic (exact) mass is 250 g/mol. The highest BCUT2D eigenvalue weighted by Gasteiger charge is 2.09. The van der Waals surface area contributed by atoms with Crippen molar-refractivity contribution in [1.82, 2.24) is 0 Å². The summed E-state index contributed by atoms with van der Waals surface area (Å²) in [4.78, 5) is 0. The van der Waals surface area contributed by atoms with Crippen LogP contribution in [-0.4, -0.2) is 0 Å². The first kappa shape index (κ1) is 14.3. The largest absolute Gasteiger partial charge is 0.345 e. The van der Waals surface area contributed by atoms with Crippen LogP contribution in [0, 0.1) is 39.9 Å². The van der Waals surface area contributed by atoms with Gasteiger partial charge in [-0.25, -0.2) is 0 Å². The highest BCUT2D eigenvalue weighted by molar-refractivity contribution is 5.61. The minimum atomic E-state index is -0.207. The van der Waals surface area contributed by atoms with E-state index in [0.717, 1.165) is 17.7 Å². The van der Waals surface area contributed by atoms with Crippen molar-refractivity contribution in [3.05, 3.63) is 41.1 Å². The molecule has 0 aliphatic carbocycles. The molecule has 4 nitrogen and oxygen atoms in total. The van der Waals surface area contributed by atoms with Crippen molar-refractivity contribution in [3.63, 3.8) is 0 Å². The van der Waals surface area contributed by atoms with E-state index >= 15 is 0 Å². The van der Waals surface area contributed by atoms with Crippen LogP contribution in [0.5, 0.6) is 0 Å². The van der Waals surface area contributed by atoms with Gasteiger partial charge in [0.1, 0.15) is 23.9 Å². The number of para-hydroxylation sites is 1. The Hall–Kier alpha value is -2.77. The molecule has 94 valence electrons. The number of anilines is 1. The van der Waals surface area contributed by atoms with Gasteiger partial charge in [-0.05, 0) is 24.0 Å². The Morgan fingerprint density at radius 2 is 1.74 bits per heavy atom. The maximum absolute atomic E-state index is 9.02. The summed E-state index contributed by atoms with van der Waals surface area (Å²) in [5.74, 6) is 0.476. The van der Waals surface area contributed by atoms with Crippen LogP contribution in [0.25, 0.3) is 0 Å². The van der Waals surface area contributed by atoms with E-state index in [1.165, 1.54) is 0 Å². The van der Waals surface area contributed by atoms with Crippen molar-refractivity contribution >= 4 is 5.69 Å². The lowest BCUT2D eigenvalue weighted by atomic mass is 10.0. The summed E-state index contributed by atoms with van der Waals surface area (Å²) in [6, 6.07) is 12.9. The first-order valence-corrected chi connectivity index (χ1v) is 5.91. The Morgan fingerprint density at radius 3 is 2.26 bits per heavy atom. The van der Waals surface area contributed by atoms with Crippen molar-refractivity contribution in [2.24, 2.45) is 5.92 Å². The zero-order valence-electron chi connectivity index (χ0n) is 10.9. The van der Waals surface area contributed by atoms with Gasteiger partial charge in [-0.2, -0.15) is 15.8 Å². The lowest BCUT2D eigenvalue weighted by molar-refractivity contribution is 0.648. The van der Waals surface area contributed by atoms with Gasteiger partial charge in [0.2, 0.25) is 0 Å². The van der Waals surface area contributed by atoms with Crippen molar-refractivity contribution < 1.29 is 0 Å². The molecular formula is C15H14N4. The summed E-state index contributed by atoms with van der Waals surface area (Å²) >= 11 is 0. The fraction of sp³-hybridized carbons (Fsp3) is 0.267. The standard InChI is InChI=1S/C15H14N4/c1-11(2)7-12-5-3-4-6-14(12)19-15(10-18)13(8-16)9-17/h3-6,11,19H,7H2,1-2H3. The number of rotatable bonds is 4. The topological polar surface area (TPSA) is 83.4 Å². The number of nitrogens with one attached hydrogen (secondary N) is 1. The molecule has 19 heavy (non-hydrogen) atoms. The third kappa shape index (κ3) is 3.87. The summed E-state index contributed by atoms with van der Waals surface area (Å²) in [5, 5.41) is 29.5. The first-order valence-electron chi connectivity index (χ1n) is 5.91. The first-order chi connectivity index (χ1) is 9.12. The Balaban J connectivity index is 3.14. The molecule has 0 radical (unpaired) electrons. The van der Waals surface area contributed by atoms with Crippen molar-refractivity contribution in [3.8, 4) is 18.2 Å². The molecule has 0 amide bonds. The highest BCUT2D eigenvalue weighted by atomic mass is 14.9. The number of hydrogen-bond acceptors (Lipinski definition) is 4. The second-order valence-corrected chi connectivity index (χ2v) is 4.47. The van der Waals surface area contributed by atoms with Crippen molar-refractivity contribution in [1.29, 1.82) is 15.8 Å². The SMILES string of the molecule is CC(C)Cc1ccccc1NC(C#N)=C(C#N)C#N. The quantitative estimate of drug-likeness (QED) is 0.832. The fourth-order valence-corrected chi connectivity index (χ4v) is 1.68. The lowest BCUT2D eigenvalue weighted by Crippen LogP contribution is -2.05. The van der Waals surface area contributed by atoms with Crippen LogP contribution in [0.2, 0.25) is 0 Å². The Kier molecular flexibility index (Phi) is 5.15. The molecule has 0 saturated carbocycles. The Morgan fingerprint density at radius 1 is 1.11 bits per heavy atom. The third-order valence-corrected chi connectivity index (χ3v) is 2.49. The minimum absolute atomic E-state index is 0.0128. The van der Waals surface area contributed by atoms with Crippen LogP contribution in [0.3, 0.4) is 0 Å². The molecule has 0 aliphatic rings. The smallest absolute Gasteiger partial charge is 0.163 e. The van der Waals surface area contributed by atoms with Gasteiger partial charge in [0.15, 0.2) is 5.57 Å². The molecule has 1 rings (SSSR count). The number of nitriles is 3. The Labute approximate surface area is 113 Å². The third-order valence-electron chi connectivity index (χ3n) is 2.49. The zero-order chi connectivity index (χ0) is 14.3. The molecule has 0 spiro atoms. The maximum Gasteiger partial charge on any atom is 0.163 e. The fourth-order valence-electron chi connectivity index (χ4n) is 1.68. The molecule has 1 aromatic rings. The summed E-state index contributed by atoms with van der Waals surface area (Å²) in [5.41, 5.74) is 1.60. The second kappa shape index (κ2) is 6.84. The summed E-state index contributed by atoms with van der Waals surface area (Å²) in [6.07, 6.45) is 0.857. The molecule has 0 heterocycles. The number of nitrogens with zero attached hydrogens (tertiary/aromatic N) is 3.